The van der Waals surface area contributed by atoms with E-state index in [0.29, 0.717) is 36.2 Å². The van der Waals surface area contributed by atoms with Gasteiger partial charge in [0.1, 0.15) is 5.60 Å². The molecule has 1 aromatic heterocycles. The van der Waals surface area contributed by atoms with Gasteiger partial charge >= 0.3 is 12.1 Å². The second-order valence-corrected chi connectivity index (χ2v) is 9.42. The van der Waals surface area contributed by atoms with Crippen LogP contribution in [0.2, 0.25) is 0 Å². The lowest BCUT2D eigenvalue weighted by atomic mass is 9.94. The molecule has 0 aliphatic carbocycles. The number of rotatable bonds is 4. The van der Waals surface area contributed by atoms with Crippen molar-refractivity contribution in [2.45, 2.75) is 45.6 Å². The van der Waals surface area contributed by atoms with Gasteiger partial charge in [0.15, 0.2) is 5.13 Å². The number of fused-ring (bicyclic) bond motifs is 1. The number of anilines is 1. The molecule has 0 radical (unpaired) electrons. The monoisotopic (exact) mass is 429 g/mol. The molecule has 0 spiro atoms. The van der Waals surface area contributed by atoms with E-state index in [2.05, 4.69) is 21.7 Å². The number of carbonyl (C=O) groups excluding carboxylic acids is 2. The smallest absolute Gasteiger partial charge is 0.410 e. The molecule has 30 heavy (non-hydrogen) atoms. The molecular weight excluding hydrogens is 402 g/mol. The number of piperidine rings is 1. The van der Waals surface area contributed by atoms with E-state index in [1.165, 1.54) is 11.3 Å². The van der Waals surface area contributed by atoms with Crippen LogP contribution < -0.4 is 10.6 Å². The van der Waals surface area contributed by atoms with Gasteiger partial charge in [-0.2, -0.15) is 5.26 Å². The van der Waals surface area contributed by atoms with Crippen molar-refractivity contribution in [1.29, 1.82) is 5.26 Å². The van der Waals surface area contributed by atoms with Gasteiger partial charge in [-0.3, -0.25) is 5.32 Å². The van der Waals surface area contributed by atoms with Crippen LogP contribution in [0.15, 0.2) is 18.2 Å². The van der Waals surface area contributed by atoms with Crippen LogP contribution >= 0.6 is 11.3 Å². The van der Waals surface area contributed by atoms with Crippen molar-refractivity contribution >= 4 is 38.8 Å². The highest BCUT2D eigenvalue weighted by Crippen LogP contribution is 2.26. The summed E-state index contributed by atoms with van der Waals surface area (Å²) in [5.74, 6) is 0.468. The second kappa shape index (κ2) is 9.30. The fourth-order valence-electron chi connectivity index (χ4n) is 3.31. The molecule has 8 nitrogen and oxygen atoms in total. The summed E-state index contributed by atoms with van der Waals surface area (Å²) in [6, 6.07) is 7.05. The number of nitrogens with one attached hydrogen (secondary N) is 2. The van der Waals surface area contributed by atoms with Gasteiger partial charge in [-0.1, -0.05) is 11.3 Å². The van der Waals surface area contributed by atoms with Crippen molar-refractivity contribution in [3.05, 3.63) is 23.8 Å². The third-order valence-electron chi connectivity index (χ3n) is 4.84. The van der Waals surface area contributed by atoms with Gasteiger partial charge in [0, 0.05) is 19.6 Å². The van der Waals surface area contributed by atoms with Crippen LogP contribution in [0.3, 0.4) is 0 Å². The van der Waals surface area contributed by atoms with E-state index in [-0.39, 0.29) is 12.1 Å². The summed E-state index contributed by atoms with van der Waals surface area (Å²) in [6.07, 6.45) is 2.42. The number of carbonyl (C=O) groups is 2. The predicted molar refractivity (Wildman–Crippen MR) is 117 cm³/mol. The highest BCUT2D eigenvalue weighted by atomic mass is 32.1. The number of ether oxygens (including phenoxy) is 1. The normalized spacial score (nSPS) is 14.9. The highest BCUT2D eigenvalue weighted by Gasteiger charge is 2.26. The SMILES string of the molecule is CC(C)(C)OC(=O)N1CCC(CCNC(=O)Nc2nc3ccc(C#N)cc3s2)CC1. The van der Waals surface area contributed by atoms with Crippen LogP contribution in [0.1, 0.15) is 45.6 Å². The fraction of sp³-hybridized carbons (Fsp3) is 0.524. The van der Waals surface area contributed by atoms with Crippen LogP contribution in [0.5, 0.6) is 0 Å². The first kappa shape index (κ1) is 21.8. The predicted octanol–water partition coefficient (Wildman–Crippen LogP) is 4.33. The molecule has 1 aliphatic rings. The number of nitrogens with zero attached hydrogens (tertiary/aromatic N) is 3. The molecule has 9 heteroatoms. The van der Waals surface area contributed by atoms with Gasteiger partial charge in [0.2, 0.25) is 0 Å². The van der Waals surface area contributed by atoms with Crippen molar-refractivity contribution in [2.75, 3.05) is 25.0 Å². The Morgan fingerprint density at radius 2 is 2.07 bits per heavy atom. The van der Waals surface area contributed by atoms with Gasteiger partial charge in [-0.25, -0.2) is 14.6 Å². The Morgan fingerprint density at radius 3 is 2.73 bits per heavy atom. The standard InChI is InChI=1S/C21H27N5O3S/c1-21(2,3)29-20(28)26-10-7-14(8-11-26)6-9-23-18(27)25-19-24-16-5-4-15(13-22)12-17(16)30-19/h4-5,12,14H,6-11H2,1-3H3,(H2,23,24,25,27). The molecule has 3 amide bonds. The maximum Gasteiger partial charge on any atom is 0.410 e. The van der Waals surface area contributed by atoms with Crippen molar-refractivity contribution < 1.29 is 14.3 Å². The Hall–Kier alpha value is -2.86. The Labute approximate surface area is 180 Å². The molecule has 1 saturated heterocycles. The molecule has 0 saturated carbocycles. The highest BCUT2D eigenvalue weighted by molar-refractivity contribution is 7.22. The lowest BCUT2D eigenvalue weighted by Crippen LogP contribution is -2.42. The third kappa shape index (κ3) is 6.07. The summed E-state index contributed by atoms with van der Waals surface area (Å²) in [6.45, 7) is 7.53. The maximum absolute atomic E-state index is 12.2. The largest absolute Gasteiger partial charge is 0.444 e. The number of hydrogen-bond acceptors (Lipinski definition) is 6. The first-order chi connectivity index (χ1) is 14.2. The molecule has 1 aromatic carbocycles. The van der Waals surface area contributed by atoms with E-state index in [1.54, 1.807) is 23.1 Å². The number of urea groups is 1. The maximum atomic E-state index is 12.2. The lowest BCUT2D eigenvalue weighted by molar-refractivity contribution is 0.0182. The average Bonchev–Trinajstić information content (AvgIpc) is 3.08. The minimum atomic E-state index is -0.480. The molecule has 3 rings (SSSR count). The van der Waals surface area contributed by atoms with Crippen LogP contribution in [-0.4, -0.2) is 47.2 Å². The first-order valence-corrected chi connectivity index (χ1v) is 10.9. The van der Waals surface area contributed by atoms with Gasteiger partial charge in [-0.15, -0.1) is 0 Å². The van der Waals surface area contributed by atoms with Crippen molar-refractivity contribution in [2.24, 2.45) is 5.92 Å². The van der Waals surface area contributed by atoms with Crippen LogP contribution in [0.4, 0.5) is 14.7 Å². The number of amides is 3. The lowest BCUT2D eigenvalue weighted by Gasteiger charge is -2.33. The zero-order valence-corrected chi connectivity index (χ0v) is 18.3. The molecule has 160 valence electrons. The fourth-order valence-corrected chi connectivity index (χ4v) is 4.21. The van der Waals surface area contributed by atoms with E-state index < -0.39 is 5.60 Å². The number of benzene rings is 1. The number of hydrogen-bond donors (Lipinski definition) is 2. The Kier molecular flexibility index (Phi) is 6.77. The van der Waals surface area contributed by atoms with Crippen LogP contribution in [-0.2, 0) is 4.74 Å². The van der Waals surface area contributed by atoms with E-state index in [9.17, 15) is 9.59 Å². The van der Waals surface area contributed by atoms with E-state index >= 15 is 0 Å². The number of likely N-dealkylation sites (tertiary alicyclic amines) is 1. The molecule has 2 heterocycles. The number of nitriles is 1. The first-order valence-electron chi connectivity index (χ1n) is 10.1. The van der Waals surface area contributed by atoms with E-state index in [4.69, 9.17) is 10.00 Å². The quantitative estimate of drug-likeness (QED) is 0.752. The Balaban J connectivity index is 1.38. The van der Waals surface area contributed by atoms with E-state index in [1.807, 2.05) is 20.8 Å². The van der Waals surface area contributed by atoms with Crippen LogP contribution in [0, 0.1) is 17.2 Å². The molecule has 0 atom stereocenters. The molecule has 1 aliphatic heterocycles. The molecule has 1 fully saturated rings. The zero-order valence-electron chi connectivity index (χ0n) is 17.5. The van der Waals surface area contributed by atoms with E-state index in [0.717, 1.165) is 29.5 Å². The van der Waals surface area contributed by atoms with Crippen molar-refractivity contribution in [3.8, 4) is 6.07 Å². The number of aromatic nitrogens is 1. The summed E-state index contributed by atoms with van der Waals surface area (Å²) in [5, 5.41) is 15.1. The van der Waals surface area contributed by atoms with Gasteiger partial charge < -0.3 is 15.0 Å². The Morgan fingerprint density at radius 1 is 1.33 bits per heavy atom. The minimum Gasteiger partial charge on any atom is -0.444 e. The minimum absolute atomic E-state index is 0.254. The summed E-state index contributed by atoms with van der Waals surface area (Å²) in [5.41, 5.74) is 0.845. The van der Waals surface area contributed by atoms with Crippen molar-refractivity contribution in [1.82, 2.24) is 15.2 Å². The van der Waals surface area contributed by atoms with Gasteiger partial charge in [0.25, 0.3) is 0 Å². The summed E-state index contributed by atoms with van der Waals surface area (Å²) in [7, 11) is 0. The zero-order chi connectivity index (χ0) is 21.7. The Bertz CT molecular complexity index is 952. The van der Waals surface area contributed by atoms with Gasteiger partial charge in [0.05, 0.1) is 21.8 Å². The summed E-state index contributed by atoms with van der Waals surface area (Å²) < 4.78 is 6.28. The molecule has 2 N–H and O–H groups in total. The average molecular weight is 430 g/mol. The van der Waals surface area contributed by atoms with Crippen molar-refractivity contribution in [3.63, 3.8) is 0 Å². The third-order valence-corrected chi connectivity index (χ3v) is 5.78. The molecule has 0 unspecified atom stereocenters. The molecule has 2 aromatic rings. The number of thiazole rings is 1. The van der Waals surface area contributed by atoms with Crippen LogP contribution in [0.25, 0.3) is 10.2 Å². The molecular formula is C21H27N5O3S. The molecule has 0 bridgehead atoms. The summed E-state index contributed by atoms with van der Waals surface area (Å²) >= 11 is 1.34. The topological polar surface area (TPSA) is 107 Å². The summed E-state index contributed by atoms with van der Waals surface area (Å²) in [4.78, 5) is 30.4. The second-order valence-electron chi connectivity index (χ2n) is 8.39. The van der Waals surface area contributed by atoms with Gasteiger partial charge in [-0.05, 0) is 64.2 Å².